The predicted molar refractivity (Wildman–Crippen MR) is 114 cm³/mol. The number of benzene rings is 3. The highest BCUT2D eigenvalue weighted by molar-refractivity contribution is 5.47. The largest absolute Gasteiger partial charge is 0.387 e. The summed E-state index contributed by atoms with van der Waals surface area (Å²) in [7, 11) is 0. The zero-order valence-corrected chi connectivity index (χ0v) is 16.9. The van der Waals surface area contributed by atoms with Gasteiger partial charge in [-0.1, -0.05) is 91.0 Å². The van der Waals surface area contributed by atoms with E-state index >= 15 is 0 Å². The lowest BCUT2D eigenvalue weighted by Crippen LogP contribution is -2.59. The van der Waals surface area contributed by atoms with Crippen molar-refractivity contribution in [1.82, 2.24) is 0 Å². The SMILES string of the molecule is O[C@@H]1[C@@H](O)[C@H](COC(c2ccccc2)(c2ccccc2)c2ccccc2)O[C@H](O)[C@H]1O. The summed E-state index contributed by atoms with van der Waals surface area (Å²) in [5, 5.41) is 40.2. The molecule has 0 spiro atoms. The molecule has 1 aliphatic rings. The van der Waals surface area contributed by atoms with Crippen molar-refractivity contribution < 1.29 is 29.9 Å². The van der Waals surface area contributed by atoms with E-state index in [0.29, 0.717) is 0 Å². The van der Waals surface area contributed by atoms with Crippen LogP contribution in [0.25, 0.3) is 0 Å². The van der Waals surface area contributed by atoms with E-state index in [0.717, 1.165) is 16.7 Å². The van der Waals surface area contributed by atoms with E-state index in [-0.39, 0.29) is 6.61 Å². The van der Waals surface area contributed by atoms with Gasteiger partial charge in [0.05, 0.1) is 6.61 Å². The molecule has 5 atom stereocenters. The van der Waals surface area contributed by atoms with Gasteiger partial charge in [0.2, 0.25) is 0 Å². The normalized spacial score (nSPS) is 26.5. The molecular weight excluding hydrogens is 396 g/mol. The van der Waals surface area contributed by atoms with Crippen LogP contribution in [0.15, 0.2) is 91.0 Å². The molecule has 0 bridgehead atoms. The Labute approximate surface area is 180 Å². The molecule has 6 nitrogen and oxygen atoms in total. The second-order valence-corrected chi connectivity index (χ2v) is 7.63. The lowest BCUT2D eigenvalue weighted by Gasteiger charge is -2.41. The van der Waals surface area contributed by atoms with E-state index in [9.17, 15) is 20.4 Å². The summed E-state index contributed by atoms with van der Waals surface area (Å²) in [5.74, 6) is 0. The highest BCUT2D eigenvalue weighted by Crippen LogP contribution is 2.41. The maximum absolute atomic E-state index is 10.4. The molecule has 0 amide bonds. The van der Waals surface area contributed by atoms with Crippen LogP contribution in [0.3, 0.4) is 0 Å². The van der Waals surface area contributed by atoms with Crippen LogP contribution in [0.5, 0.6) is 0 Å². The van der Waals surface area contributed by atoms with E-state index in [1.165, 1.54) is 0 Å². The third-order valence-electron chi connectivity index (χ3n) is 5.69. The van der Waals surface area contributed by atoms with Crippen molar-refractivity contribution in [3.8, 4) is 0 Å². The fourth-order valence-electron chi connectivity index (χ4n) is 4.04. The lowest BCUT2D eigenvalue weighted by atomic mass is 9.80. The lowest BCUT2D eigenvalue weighted by molar-refractivity contribution is -0.291. The number of ether oxygens (including phenoxy) is 2. The summed E-state index contributed by atoms with van der Waals surface area (Å²) in [5.41, 5.74) is 1.59. The molecule has 1 heterocycles. The van der Waals surface area contributed by atoms with Crippen molar-refractivity contribution in [3.05, 3.63) is 108 Å². The van der Waals surface area contributed by atoms with Crippen LogP contribution in [0.2, 0.25) is 0 Å². The Morgan fingerprint density at radius 1 is 0.613 bits per heavy atom. The Morgan fingerprint density at radius 2 is 1.03 bits per heavy atom. The van der Waals surface area contributed by atoms with Crippen molar-refractivity contribution in [2.75, 3.05) is 6.61 Å². The van der Waals surface area contributed by atoms with Crippen LogP contribution < -0.4 is 0 Å². The first-order valence-electron chi connectivity index (χ1n) is 10.2. The molecule has 3 aromatic carbocycles. The summed E-state index contributed by atoms with van der Waals surface area (Å²) in [6.45, 7) is -0.138. The summed E-state index contributed by atoms with van der Waals surface area (Å²) < 4.78 is 11.9. The number of aliphatic hydroxyl groups excluding tert-OH is 4. The minimum Gasteiger partial charge on any atom is -0.387 e. The van der Waals surface area contributed by atoms with Crippen LogP contribution in [-0.4, -0.2) is 57.7 Å². The molecule has 6 heteroatoms. The monoisotopic (exact) mass is 422 g/mol. The van der Waals surface area contributed by atoms with Crippen LogP contribution in [0, 0.1) is 0 Å². The summed E-state index contributed by atoms with van der Waals surface area (Å²) >= 11 is 0. The van der Waals surface area contributed by atoms with Crippen molar-refractivity contribution in [2.24, 2.45) is 0 Å². The Kier molecular flexibility index (Phi) is 6.48. The first kappa shape index (κ1) is 21.6. The second-order valence-electron chi connectivity index (χ2n) is 7.63. The van der Waals surface area contributed by atoms with Gasteiger partial charge < -0.3 is 29.9 Å². The smallest absolute Gasteiger partial charge is 0.184 e. The first-order chi connectivity index (χ1) is 15.0. The minimum atomic E-state index is -1.62. The van der Waals surface area contributed by atoms with Gasteiger partial charge in [-0.2, -0.15) is 0 Å². The Hall–Kier alpha value is -2.58. The van der Waals surface area contributed by atoms with Gasteiger partial charge in [-0.3, -0.25) is 0 Å². The first-order valence-corrected chi connectivity index (χ1v) is 10.2. The third kappa shape index (κ3) is 4.14. The number of rotatable bonds is 6. The van der Waals surface area contributed by atoms with Crippen molar-refractivity contribution in [1.29, 1.82) is 0 Å². The van der Waals surface area contributed by atoms with Crippen LogP contribution in [-0.2, 0) is 15.1 Å². The molecule has 0 aromatic heterocycles. The van der Waals surface area contributed by atoms with E-state index in [4.69, 9.17) is 9.47 Å². The molecule has 1 aliphatic heterocycles. The van der Waals surface area contributed by atoms with Crippen molar-refractivity contribution in [3.63, 3.8) is 0 Å². The van der Waals surface area contributed by atoms with Gasteiger partial charge in [0.25, 0.3) is 0 Å². The van der Waals surface area contributed by atoms with Crippen molar-refractivity contribution in [2.45, 2.75) is 36.3 Å². The molecule has 162 valence electrons. The summed E-state index contributed by atoms with van der Waals surface area (Å²) in [6.07, 6.45) is -7.21. The molecular formula is C25H26O6. The molecule has 0 aliphatic carbocycles. The summed E-state index contributed by atoms with van der Waals surface area (Å²) in [6, 6.07) is 29.1. The van der Waals surface area contributed by atoms with Gasteiger partial charge in [-0.25, -0.2) is 0 Å². The minimum absolute atomic E-state index is 0.138. The molecule has 0 radical (unpaired) electrons. The topological polar surface area (TPSA) is 99.4 Å². The van der Waals surface area contributed by atoms with E-state index in [1.54, 1.807) is 0 Å². The van der Waals surface area contributed by atoms with Crippen LogP contribution in [0.4, 0.5) is 0 Å². The highest BCUT2D eigenvalue weighted by Gasteiger charge is 2.45. The zero-order chi connectivity index (χ0) is 21.8. The number of hydrogen-bond donors (Lipinski definition) is 4. The number of hydrogen-bond acceptors (Lipinski definition) is 6. The second kappa shape index (κ2) is 9.28. The zero-order valence-electron chi connectivity index (χ0n) is 16.9. The fourth-order valence-corrected chi connectivity index (χ4v) is 4.04. The highest BCUT2D eigenvalue weighted by atomic mass is 16.6. The van der Waals surface area contributed by atoms with E-state index in [2.05, 4.69) is 0 Å². The standard InChI is InChI=1S/C25H26O6/c26-21-20(31-24(29)23(28)22(21)27)16-30-25(17-10-4-1-5-11-17,18-12-6-2-7-13-18)19-14-8-3-9-15-19/h1-15,20-24,26-29H,16H2/t20-,21-,22+,23-,24-/m0/s1. The Morgan fingerprint density at radius 3 is 1.45 bits per heavy atom. The maximum Gasteiger partial charge on any atom is 0.184 e. The average Bonchev–Trinajstić information content (AvgIpc) is 2.83. The van der Waals surface area contributed by atoms with Crippen molar-refractivity contribution >= 4 is 0 Å². The number of aliphatic hydroxyl groups is 4. The van der Waals surface area contributed by atoms with Gasteiger partial charge in [0, 0.05) is 0 Å². The molecule has 4 N–H and O–H groups in total. The van der Waals surface area contributed by atoms with Gasteiger partial charge >= 0.3 is 0 Å². The Balaban J connectivity index is 1.78. The summed E-state index contributed by atoms with van der Waals surface area (Å²) in [4.78, 5) is 0. The van der Waals surface area contributed by atoms with Gasteiger partial charge in [-0.15, -0.1) is 0 Å². The van der Waals surface area contributed by atoms with E-state index in [1.807, 2.05) is 91.0 Å². The average molecular weight is 422 g/mol. The van der Waals surface area contributed by atoms with Crippen LogP contribution >= 0.6 is 0 Å². The molecule has 3 aromatic rings. The molecule has 0 unspecified atom stereocenters. The predicted octanol–water partition coefficient (Wildman–Crippen LogP) is 1.79. The van der Waals surface area contributed by atoms with Gasteiger partial charge in [-0.05, 0) is 16.7 Å². The van der Waals surface area contributed by atoms with E-state index < -0.39 is 36.3 Å². The molecule has 31 heavy (non-hydrogen) atoms. The molecule has 4 rings (SSSR count). The fraction of sp³-hybridized carbons (Fsp3) is 0.280. The van der Waals surface area contributed by atoms with Crippen LogP contribution in [0.1, 0.15) is 16.7 Å². The molecule has 1 saturated heterocycles. The Bertz CT molecular complexity index is 853. The maximum atomic E-state index is 10.4. The van der Waals surface area contributed by atoms with Gasteiger partial charge in [0.15, 0.2) is 6.29 Å². The van der Waals surface area contributed by atoms with Gasteiger partial charge in [0.1, 0.15) is 30.0 Å². The molecule has 1 fully saturated rings. The third-order valence-corrected chi connectivity index (χ3v) is 5.69. The molecule has 0 saturated carbocycles. The quantitative estimate of drug-likeness (QED) is 0.452.